The minimum Gasteiger partial charge on any atom is -0.461 e. The second-order valence-electron chi connectivity index (χ2n) is 8.79. The maximum atomic E-state index is 13.8. The Morgan fingerprint density at radius 2 is 1.62 bits per heavy atom. The Hall–Kier alpha value is -4.26. The number of carbonyl (C=O) groups excluding carboxylic acids is 4. The molecule has 0 unspecified atom stereocenters. The Kier molecular flexibility index (Phi) is 4.42. The number of amides is 2. The molecule has 0 aliphatic carbocycles. The molecule has 2 amide bonds. The Morgan fingerprint density at radius 3 is 2.32 bits per heavy atom. The fourth-order valence-electron chi connectivity index (χ4n) is 5.52. The molecule has 168 valence electrons. The van der Waals surface area contributed by atoms with E-state index in [1.165, 1.54) is 18.1 Å². The van der Waals surface area contributed by atoms with Crippen molar-refractivity contribution in [3.8, 4) is 0 Å². The average Bonchev–Trinajstić information content (AvgIpc) is 3.55. The zero-order valence-corrected chi connectivity index (χ0v) is 18.3. The van der Waals surface area contributed by atoms with Crippen LogP contribution in [0.2, 0.25) is 0 Å². The Balaban J connectivity index is 1.47. The highest BCUT2D eigenvalue weighted by atomic mass is 16.3. The molecule has 6 rings (SSSR count). The highest BCUT2D eigenvalue weighted by molar-refractivity contribution is 6.24. The summed E-state index contributed by atoms with van der Waals surface area (Å²) < 4.78 is 5.37. The third-order valence-electron chi connectivity index (χ3n) is 7.03. The summed E-state index contributed by atoms with van der Waals surface area (Å²) in [6.07, 6.45) is 5.13. The predicted molar refractivity (Wildman–Crippen MR) is 123 cm³/mol. The molecule has 34 heavy (non-hydrogen) atoms. The van der Waals surface area contributed by atoms with Crippen LogP contribution in [-0.2, 0) is 9.59 Å². The van der Waals surface area contributed by atoms with E-state index in [2.05, 4.69) is 0 Å². The highest BCUT2D eigenvalue weighted by Gasteiger charge is 2.64. The summed E-state index contributed by atoms with van der Waals surface area (Å²) in [6.45, 7) is 1.46. The minimum absolute atomic E-state index is 0.104. The van der Waals surface area contributed by atoms with E-state index in [0.717, 1.165) is 11.1 Å². The van der Waals surface area contributed by atoms with Gasteiger partial charge in [0.2, 0.25) is 17.6 Å². The predicted octanol–water partition coefficient (Wildman–Crippen LogP) is 3.88. The molecule has 7 heteroatoms. The monoisotopic (exact) mass is 452 g/mol. The molecule has 0 radical (unpaired) electrons. The lowest BCUT2D eigenvalue weighted by atomic mass is 9.84. The summed E-state index contributed by atoms with van der Waals surface area (Å²) in [5, 5.41) is 0. The summed E-state index contributed by atoms with van der Waals surface area (Å²) in [5.74, 6) is -2.64. The normalized spacial score (nSPS) is 24.7. The average molecular weight is 452 g/mol. The lowest BCUT2D eigenvalue weighted by Gasteiger charge is -2.35. The Morgan fingerprint density at radius 1 is 0.882 bits per heavy atom. The maximum Gasteiger partial charge on any atom is 0.240 e. The van der Waals surface area contributed by atoms with Gasteiger partial charge in [-0.2, -0.15) is 0 Å². The van der Waals surface area contributed by atoms with Gasteiger partial charge in [0, 0.05) is 11.8 Å². The van der Waals surface area contributed by atoms with Crippen LogP contribution < -0.4 is 4.90 Å². The van der Waals surface area contributed by atoms with Crippen molar-refractivity contribution in [1.29, 1.82) is 0 Å². The Bertz CT molecular complexity index is 1370. The molecule has 2 saturated heterocycles. The third-order valence-corrected chi connectivity index (χ3v) is 7.03. The molecule has 2 fully saturated rings. The number of hydrogen-bond donors (Lipinski definition) is 0. The largest absolute Gasteiger partial charge is 0.461 e. The first-order valence-corrected chi connectivity index (χ1v) is 11.1. The molecule has 1 aromatic heterocycles. The van der Waals surface area contributed by atoms with Gasteiger partial charge in [-0.15, -0.1) is 0 Å². The van der Waals surface area contributed by atoms with Gasteiger partial charge in [0.15, 0.2) is 11.5 Å². The molecule has 0 saturated carbocycles. The fourth-order valence-corrected chi connectivity index (χ4v) is 5.52. The summed E-state index contributed by atoms with van der Waals surface area (Å²) in [7, 11) is 0. The van der Waals surface area contributed by atoms with Crippen LogP contribution in [0.4, 0.5) is 5.69 Å². The van der Waals surface area contributed by atoms with Gasteiger partial charge in [-0.25, -0.2) is 4.90 Å². The summed E-state index contributed by atoms with van der Waals surface area (Å²) in [4.78, 5) is 55.8. The van der Waals surface area contributed by atoms with Gasteiger partial charge in [0.25, 0.3) is 0 Å². The number of carbonyl (C=O) groups is 4. The topological polar surface area (TPSA) is 87.9 Å². The van der Waals surface area contributed by atoms with E-state index in [1.54, 1.807) is 36.4 Å². The summed E-state index contributed by atoms with van der Waals surface area (Å²) >= 11 is 0. The second-order valence-corrected chi connectivity index (χ2v) is 8.79. The molecule has 0 spiro atoms. The molecule has 3 aliphatic rings. The molecule has 0 bridgehead atoms. The smallest absolute Gasteiger partial charge is 0.240 e. The van der Waals surface area contributed by atoms with Gasteiger partial charge in [-0.1, -0.05) is 24.3 Å². The van der Waals surface area contributed by atoms with Gasteiger partial charge in [-0.05, 0) is 60.5 Å². The van der Waals surface area contributed by atoms with Crippen LogP contribution in [0.5, 0.6) is 0 Å². The zero-order chi connectivity index (χ0) is 23.6. The van der Waals surface area contributed by atoms with E-state index >= 15 is 0 Å². The fraction of sp³-hybridized carbons (Fsp3) is 0.185. The van der Waals surface area contributed by atoms with Gasteiger partial charge >= 0.3 is 0 Å². The standard InChI is InChI=1S/C27H20N2O5/c1-15(30)16-8-10-18(11-9-16)29-26(32)21-22(27(29)33)24(25(31)20-7-4-14-34-20)28-13-12-17-5-2-3-6-19(17)23(21)28/h2-14,21-24H,1H3/t21-,22+,23-,24+/m0/s1. The van der Waals surface area contributed by atoms with Gasteiger partial charge in [0.1, 0.15) is 6.04 Å². The van der Waals surface area contributed by atoms with E-state index in [0.29, 0.717) is 11.3 Å². The molecular weight excluding hydrogens is 432 g/mol. The number of benzene rings is 2. The van der Waals surface area contributed by atoms with E-state index in [1.807, 2.05) is 41.4 Å². The number of ketones is 2. The zero-order valence-electron chi connectivity index (χ0n) is 18.3. The Labute approximate surface area is 195 Å². The first kappa shape index (κ1) is 20.4. The lowest BCUT2D eigenvalue weighted by Crippen LogP contribution is -2.44. The number of anilines is 1. The van der Waals surface area contributed by atoms with Crippen LogP contribution in [0, 0.1) is 11.8 Å². The maximum absolute atomic E-state index is 13.8. The van der Waals surface area contributed by atoms with Crippen LogP contribution >= 0.6 is 0 Å². The third kappa shape index (κ3) is 2.76. The van der Waals surface area contributed by atoms with E-state index in [4.69, 9.17) is 4.42 Å². The summed E-state index contributed by atoms with van der Waals surface area (Å²) in [6, 6.07) is 16.0. The van der Waals surface area contributed by atoms with Crippen LogP contribution in [-0.4, -0.2) is 34.3 Å². The molecule has 7 nitrogen and oxygen atoms in total. The molecule has 0 N–H and O–H groups in total. The van der Waals surface area contributed by atoms with Crippen LogP contribution in [0.15, 0.2) is 77.5 Å². The minimum atomic E-state index is -0.872. The van der Waals surface area contributed by atoms with Crippen molar-refractivity contribution in [3.05, 3.63) is 95.6 Å². The van der Waals surface area contributed by atoms with E-state index in [-0.39, 0.29) is 23.2 Å². The van der Waals surface area contributed by atoms with Crippen LogP contribution in [0.3, 0.4) is 0 Å². The van der Waals surface area contributed by atoms with Gasteiger partial charge in [0.05, 0.1) is 29.8 Å². The number of nitrogens with zero attached hydrogens (tertiary/aromatic N) is 2. The number of Topliss-reactive ketones (excluding diaryl/α,β-unsaturated/α-hetero) is 2. The van der Waals surface area contributed by atoms with Crippen molar-refractivity contribution in [2.75, 3.05) is 4.90 Å². The summed E-state index contributed by atoms with van der Waals surface area (Å²) in [5.41, 5.74) is 2.75. The van der Waals surface area contributed by atoms with Crippen molar-refractivity contribution in [2.45, 2.75) is 19.0 Å². The lowest BCUT2D eigenvalue weighted by molar-refractivity contribution is -0.123. The quantitative estimate of drug-likeness (QED) is 0.441. The first-order chi connectivity index (χ1) is 16.5. The highest BCUT2D eigenvalue weighted by Crippen LogP contribution is 2.53. The molecular formula is C27H20N2O5. The number of furan rings is 1. The van der Waals surface area contributed by atoms with Crippen molar-refractivity contribution < 1.29 is 23.6 Å². The molecule has 2 aromatic carbocycles. The number of rotatable bonds is 4. The molecule has 3 aromatic rings. The molecule has 4 atom stereocenters. The van der Waals surface area contributed by atoms with E-state index < -0.39 is 29.8 Å². The van der Waals surface area contributed by atoms with Crippen molar-refractivity contribution in [2.24, 2.45) is 11.8 Å². The van der Waals surface area contributed by atoms with Gasteiger partial charge < -0.3 is 9.32 Å². The van der Waals surface area contributed by atoms with Crippen molar-refractivity contribution in [1.82, 2.24) is 4.90 Å². The van der Waals surface area contributed by atoms with E-state index in [9.17, 15) is 19.2 Å². The SMILES string of the molecule is CC(=O)c1ccc(N2C(=O)[C@@H]3[C@H](C2=O)[C@@H]2c4ccccc4C=CN2[C@H]3C(=O)c2ccco2)cc1. The number of fused-ring (bicyclic) bond motifs is 5. The number of hydrogen-bond acceptors (Lipinski definition) is 6. The first-order valence-electron chi connectivity index (χ1n) is 11.1. The van der Waals surface area contributed by atoms with Crippen molar-refractivity contribution >= 4 is 35.1 Å². The molecule has 3 aliphatic heterocycles. The second kappa shape index (κ2) is 7.38. The van der Waals surface area contributed by atoms with Crippen molar-refractivity contribution in [3.63, 3.8) is 0 Å². The number of imide groups is 1. The molecule has 4 heterocycles. The van der Waals surface area contributed by atoms with Gasteiger partial charge in [-0.3, -0.25) is 19.2 Å². The van der Waals surface area contributed by atoms with Crippen LogP contribution in [0.1, 0.15) is 45.0 Å². The van der Waals surface area contributed by atoms with Crippen LogP contribution in [0.25, 0.3) is 6.08 Å².